The van der Waals surface area contributed by atoms with Gasteiger partial charge in [-0.3, -0.25) is 0 Å². The predicted octanol–water partition coefficient (Wildman–Crippen LogP) is 2.92. The van der Waals surface area contributed by atoms with Gasteiger partial charge in [-0.25, -0.2) is 4.98 Å². The lowest BCUT2D eigenvalue weighted by Crippen LogP contribution is -1.98. The van der Waals surface area contributed by atoms with Crippen LogP contribution in [0.15, 0.2) is 16.7 Å². The van der Waals surface area contributed by atoms with Crippen LogP contribution in [0.5, 0.6) is 5.75 Å². The van der Waals surface area contributed by atoms with Crippen molar-refractivity contribution in [1.82, 2.24) is 9.97 Å². The molecule has 0 fully saturated rings. The van der Waals surface area contributed by atoms with E-state index in [1.165, 1.54) is 5.56 Å². The number of H-pyrrole nitrogens is 1. The topological polar surface area (TPSA) is 63.9 Å². The Labute approximate surface area is 115 Å². The second-order valence-corrected chi connectivity index (χ2v) is 5.01. The highest BCUT2D eigenvalue weighted by atomic mass is 79.9. The Morgan fingerprint density at radius 3 is 2.67 bits per heavy atom. The zero-order valence-electron chi connectivity index (χ0n) is 10.7. The minimum Gasteiger partial charge on any atom is -0.496 e. The van der Waals surface area contributed by atoms with Gasteiger partial charge in [0.1, 0.15) is 21.9 Å². The monoisotopic (exact) mass is 309 g/mol. The fourth-order valence-corrected chi connectivity index (χ4v) is 2.61. The van der Waals surface area contributed by atoms with Crippen LogP contribution in [0, 0.1) is 13.8 Å². The van der Waals surface area contributed by atoms with E-state index in [0.717, 1.165) is 33.0 Å². The summed E-state index contributed by atoms with van der Waals surface area (Å²) in [5.41, 5.74) is 9.67. The van der Waals surface area contributed by atoms with E-state index in [0.29, 0.717) is 6.54 Å². The lowest BCUT2D eigenvalue weighted by molar-refractivity contribution is 0.413. The molecule has 1 aromatic heterocycles. The summed E-state index contributed by atoms with van der Waals surface area (Å²) in [6.45, 7) is 4.46. The number of hydrogen-bond donors (Lipinski definition) is 2. The zero-order chi connectivity index (χ0) is 13.3. The normalized spacial score (nSPS) is 10.7. The number of rotatable bonds is 3. The molecule has 1 aromatic carbocycles. The summed E-state index contributed by atoms with van der Waals surface area (Å²) in [6.07, 6.45) is 0. The Hall–Kier alpha value is -1.33. The van der Waals surface area contributed by atoms with Crippen LogP contribution in [-0.2, 0) is 6.54 Å². The molecule has 0 aliphatic heterocycles. The first-order valence-corrected chi connectivity index (χ1v) is 6.46. The number of aromatic nitrogens is 2. The second kappa shape index (κ2) is 5.12. The summed E-state index contributed by atoms with van der Waals surface area (Å²) in [5, 5.41) is 0. The van der Waals surface area contributed by atoms with Gasteiger partial charge in [-0.2, -0.15) is 0 Å². The van der Waals surface area contributed by atoms with E-state index in [-0.39, 0.29) is 0 Å². The van der Waals surface area contributed by atoms with Gasteiger partial charge < -0.3 is 15.5 Å². The Balaban J connectivity index is 2.65. The molecule has 0 atom stereocenters. The first kappa shape index (κ1) is 13.1. The van der Waals surface area contributed by atoms with Crippen LogP contribution in [0.4, 0.5) is 0 Å². The minimum absolute atomic E-state index is 0.381. The molecule has 2 aromatic rings. The van der Waals surface area contributed by atoms with Crippen molar-refractivity contribution in [3.8, 4) is 17.0 Å². The summed E-state index contributed by atoms with van der Waals surface area (Å²) in [5.74, 6) is 1.59. The van der Waals surface area contributed by atoms with Gasteiger partial charge in [0.2, 0.25) is 0 Å². The number of imidazole rings is 1. The zero-order valence-corrected chi connectivity index (χ0v) is 12.3. The molecule has 0 bridgehead atoms. The summed E-state index contributed by atoms with van der Waals surface area (Å²) in [6, 6.07) is 4.15. The predicted molar refractivity (Wildman–Crippen MR) is 75.6 cm³/mol. The number of ether oxygens (including phenoxy) is 1. The molecule has 18 heavy (non-hydrogen) atoms. The maximum Gasteiger partial charge on any atom is 0.131 e. The molecule has 1 heterocycles. The van der Waals surface area contributed by atoms with Crippen LogP contribution in [0.2, 0.25) is 0 Å². The number of nitrogens with two attached hydrogens (primary N) is 1. The van der Waals surface area contributed by atoms with Crippen molar-refractivity contribution in [2.45, 2.75) is 20.4 Å². The molecule has 0 unspecified atom stereocenters. The summed E-state index contributed by atoms with van der Waals surface area (Å²) >= 11 is 3.48. The Morgan fingerprint density at radius 2 is 2.11 bits per heavy atom. The lowest BCUT2D eigenvalue weighted by Gasteiger charge is -2.11. The average Bonchev–Trinajstić information content (AvgIpc) is 2.69. The maximum atomic E-state index is 5.59. The number of hydrogen-bond acceptors (Lipinski definition) is 3. The van der Waals surface area contributed by atoms with E-state index in [2.05, 4.69) is 45.0 Å². The van der Waals surface area contributed by atoms with Gasteiger partial charge in [0.25, 0.3) is 0 Å². The van der Waals surface area contributed by atoms with Crippen LogP contribution in [-0.4, -0.2) is 17.1 Å². The number of nitrogens with zero attached hydrogens (tertiary/aromatic N) is 1. The highest BCUT2D eigenvalue weighted by Crippen LogP contribution is 2.36. The highest BCUT2D eigenvalue weighted by molar-refractivity contribution is 9.10. The van der Waals surface area contributed by atoms with Crippen LogP contribution in [0.25, 0.3) is 11.3 Å². The van der Waals surface area contributed by atoms with Crippen molar-refractivity contribution < 1.29 is 4.74 Å². The molecule has 0 saturated heterocycles. The number of methoxy groups -OCH3 is 1. The van der Waals surface area contributed by atoms with Crippen LogP contribution in [0.3, 0.4) is 0 Å². The third kappa shape index (κ3) is 2.28. The fraction of sp³-hybridized carbons (Fsp3) is 0.308. The van der Waals surface area contributed by atoms with Crippen molar-refractivity contribution in [1.29, 1.82) is 0 Å². The number of halogens is 1. The van der Waals surface area contributed by atoms with E-state index >= 15 is 0 Å². The second-order valence-electron chi connectivity index (χ2n) is 4.21. The van der Waals surface area contributed by atoms with Gasteiger partial charge >= 0.3 is 0 Å². The van der Waals surface area contributed by atoms with E-state index in [9.17, 15) is 0 Å². The summed E-state index contributed by atoms with van der Waals surface area (Å²) in [7, 11) is 1.67. The first-order chi connectivity index (χ1) is 8.56. The highest BCUT2D eigenvalue weighted by Gasteiger charge is 2.16. The Kier molecular flexibility index (Phi) is 3.73. The molecule has 96 valence electrons. The van der Waals surface area contributed by atoms with Gasteiger partial charge in [0, 0.05) is 5.56 Å². The summed E-state index contributed by atoms with van der Waals surface area (Å²) < 4.78 is 6.30. The molecule has 0 amide bonds. The number of aromatic amines is 1. The van der Waals surface area contributed by atoms with Crippen molar-refractivity contribution >= 4 is 15.9 Å². The van der Waals surface area contributed by atoms with Gasteiger partial charge in [-0.15, -0.1) is 0 Å². The van der Waals surface area contributed by atoms with Crippen LogP contribution < -0.4 is 10.5 Å². The van der Waals surface area contributed by atoms with Crippen molar-refractivity contribution in [3.05, 3.63) is 33.7 Å². The molecular formula is C13H16BrN3O. The van der Waals surface area contributed by atoms with Crippen molar-refractivity contribution in [2.24, 2.45) is 5.73 Å². The molecule has 4 nitrogen and oxygen atoms in total. The van der Waals surface area contributed by atoms with Crippen LogP contribution in [0.1, 0.15) is 17.0 Å². The van der Waals surface area contributed by atoms with Gasteiger partial charge in [0.15, 0.2) is 0 Å². The quantitative estimate of drug-likeness (QED) is 0.916. The molecule has 0 aliphatic rings. The third-order valence-electron chi connectivity index (χ3n) is 2.78. The smallest absolute Gasteiger partial charge is 0.131 e. The standard InChI is InChI=1S/C13H16BrN3O/c1-7-4-8(2)12(18-3)9(5-7)11-13(14)17-10(6-15)16-11/h4-5H,6,15H2,1-3H3,(H,16,17). The lowest BCUT2D eigenvalue weighted by atomic mass is 10.0. The maximum absolute atomic E-state index is 5.59. The molecule has 0 radical (unpaired) electrons. The third-order valence-corrected chi connectivity index (χ3v) is 3.35. The van der Waals surface area contributed by atoms with Gasteiger partial charge in [-0.1, -0.05) is 6.07 Å². The van der Waals surface area contributed by atoms with E-state index in [4.69, 9.17) is 10.5 Å². The molecule has 2 rings (SSSR count). The van der Waals surface area contributed by atoms with E-state index in [1.54, 1.807) is 7.11 Å². The number of nitrogens with one attached hydrogen (secondary N) is 1. The molecule has 0 spiro atoms. The Morgan fingerprint density at radius 1 is 1.39 bits per heavy atom. The van der Waals surface area contributed by atoms with E-state index in [1.807, 2.05) is 6.92 Å². The molecule has 0 saturated carbocycles. The number of benzene rings is 1. The van der Waals surface area contributed by atoms with Crippen molar-refractivity contribution in [2.75, 3.05) is 7.11 Å². The summed E-state index contributed by atoms with van der Waals surface area (Å²) in [4.78, 5) is 7.59. The average molecular weight is 310 g/mol. The molecule has 0 aliphatic carbocycles. The fourth-order valence-electron chi connectivity index (χ4n) is 2.07. The van der Waals surface area contributed by atoms with Crippen molar-refractivity contribution in [3.63, 3.8) is 0 Å². The van der Waals surface area contributed by atoms with Crippen LogP contribution >= 0.6 is 15.9 Å². The largest absolute Gasteiger partial charge is 0.496 e. The van der Waals surface area contributed by atoms with Gasteiger partial charge in [0.05, 0.1) is 13.7 Å². The Bertz CT molecular complexity index is 578. The van der Waals surface area contributed by atoms with Gasteiger partial charge in [-0.05, 0) is 47.0 Å². The first-order valence-electron chi connectivity index (χ1n) is 5.67. The van der Waals surface area contributed by atoms with E-state index < -0.39 is 0 Å². The minimum atomic E-state index is 0.381. The molecule has 3 N–H and O–H groups in total. The SMILES string of the molecule is COc1c(C)cc(C)cc1-c1nc(CN)[nH]c1Br. The molecular weight excluding hydrogens is 294 g/mol. The number of aryl methyl sites for hydroxylation is 2. The molecule has 5 heteroatoms.